The van der Waals surface area contributed by atoms with Gasteiger partial charge in [-0.3, -0.25) is 9.80 Å². The fourth-order valence-corrected chi connectivity index (χ4v) is 20.3. The molecule has 0 N–H and O–H groups in total. The van der Waals surface area contributed by atoms with E-state index in [9.17, 15) is 0 Å². The van der Waals surface area contributed by atoms with Gasteiger partial charge in [0.2, 0.25) is 13.4 Å². The predicted molar refractivity (Wildman–Crippen MR) is 431 cm³/mol. The Balaban J connectivity index is 0.872. The number of benzene rings is 16. The Morgan fingerprint density at radius 1 is 0.221 bits per heavy atom. The monoisotopic (exact) mass is 1320 g/mol. The van der Waals surface area contributed by atoms with Gasteiger partial charge in [-0.2, -0.15) is 0 Å². The molecule has 0 atom stereocenters. The van der Waals surface area contributed by atoms with Crippen molar-refractivity contribution in [2.75, 3.05) is 9.80 Å². The molecule has 6 aliphatic carbocycles. The molecule has 0 aromatic heterocycles. The zero-order valence-corrected chi connectivity index (χ0v) is 56.8. The molecule has 16 aromatic carbocycles. The van der Waals surface area contributed by atoms with Crippen molar-refractivity contribution < 1.29 is 4.79 Å². The predicted octanol–water partition coefficient (Wildman–Crippen LogP) is 19.9. The molecule has 9 aliphatic rings. The number of hydrogen-bond donors (Lipinski definition) is 0. The van der Waals surface area contributed by atoms with Crippen LogP contribution < -0.4 is 42.6 Å². The highest BCUT2D eigenvalue weighted by Gasteiger charge is 2.53. The molecule has 0 saturated carbocycles. The summed E-state index contributed by atoms with van der Waals surface area (Å²) in [5.74, 6) is -0.0957. The van der Waals surface area contributed by atoms with E-state index in [-0.39, 0.29) is 43.1 Å². The first-order valence-electron chi connectivity index (χ1n) is 36.7. The molecule has 5 heteroatoms. The topological polar surface area (TPSA) is 23.6 Å². The SMILES string of the molecule is O=C1N2c3cc4c(cc3B(c3c(-c5ccccc5)cc(-c5ccccc5)cc3-c3ccccc3)c3ccc5ccc6c(c5c32)N1c1cc2c(cc1B6c1c(-c3ccccc3)cc(-c3ccccc3)cc1-c1ccccc1)C1c3ccccc3C2c2ccccc21)C1c2ccccc2C4c2ccccc21. The van der Waals surface area contributed by atoms with Gasteiger partial charge < -0.3 is 0 Å². The van der Waals surface area contributed by atoms with Crippen molar-refractivity contribution in [3.05, 3.63) is 419 Å². The number of urea groups is 1. The van der Waals surface area contributed by atoms with Gasteiger partial charge in [-0.05, 0) is 197 Å². The van der Waals surface area contributed by atoms with Gasteiger partial charge >= 0.3 is 6.03 Å². The highest BCUT2D eigenvalue weighted by molar-refractivity contribution is 7.01. The molecule has 0 spiro atoms. The Bertz CT molecular complexity index is 5760. The molecule has 4 bridgehead atoms. The summed E-state index contributed by atoms with van der Waals surface area (Å²) in [4.78, 5) is 22.7. The van der Waals surface area contributed by atoms with Gasteiger partial charge in [-0.25, -0.2) is 4.79 Å². The molecule has 0 radical (unpaired) electrons. The number of hydrogen-bond acceptors (Lipinski definition) is 1. The van der Waals surface area contributed by atoms with Crippen LogP contribution in [0.1, 0.15) is 90.4 Å². The van der Waals surface area contributed by atoms with Gasteiger partial charge in [0.15, 0.2) is 0 Å². The van der Waals surface area contributed by atoms with Crippen molar-refractivity contribution in [3.8, 4) is 66.8 Å². The Kier molecular flexibility index (Phi) is 12.3. The van der Waals surface area contributed by atoms with Crippen molar-refractivity contribution in [1.29, 1.82) is 0 Å². The van der Waals surface area contributed by atoms with Crippen LogP contribution in [0.4, 0.5) is 27.5 Å². The van der Waals surface area contributed by atoms with Crippen molar-refractivity contribution in [3.63, 3.8) is 0 Å². The zero-order valence-electron chi connectivity index (χ0n) is 56.8. The minimum Gasteiger partial charge on any atom is -0.263 e. The summed E-state index contributed by atoms with van der Waals surface area (Å²) in [6, 6.07) is 132. The number of anilines is 4. The summed E-state index contributed by atoms with van der Waals surface area (Å²) in [5.41, 5.74) is 40.4. The van der Waals surface area contributed by atoms with Crippen LogP contribution in [-0.2, 0) is 0 Å². The second-order valence-electron chi connectivity index (χ2n) is 29.4. The molecule has 104 heavy (non-hydrogen) atoms. The quantitative estimate of drug-likeness (QED) is 0.139. The van der Waals surface area contributed by atoms with Crippen molar-refractivity contribution in [2.24, 2.45) is 0 Å². The van der Waals surface area contributed by atoms with Crippen LogP contribution in [0, 0.1) is 0 Å². The summed E-state index contributed by atoms with van der Waals surface area (Å²) in [6.07, 6.45) is 0. The van der Waals surface area contributed by atoms with Crippen LogP contribution in [0.3, 0.4) is 0 Å². The van der Waals surface area contributed by atoms with Gasteiger partial charge in [-0.1, -0.05) is 326 Å². The lowest BCUT2D eigenvalue weighted by atomic mass is 9.32. The maximum atomic E-state index is 18.2. The van der Waals surface area contributed by atoms with E-state index in [2.05, 4.69) is 362 Å². The summed E-state index contributed by atoms with van der Waals surface area (Å²) in [6.45, 7) is -0.729. The average Bonchev–Trinajstić information content (AvgIpc) is 0.669. The molecule has 3 nitrogen and oxygen atoms in total. The number of rotatable bonds is 8. The molecule has 2 amide bonds. The van der Waals surface area contributed by atoms with Crippen LogP contribution in [0.25, 0.3) is 77.5 Å². The third-order valence-corrected chi connectivity index (χ3v) is 24.4. The third-order valence-electron chi connectivity index (χ3n) is 24.4. The van der Waals surface area contributed by atoms with Crippen LogP contribution in [0.5, 0.6) is 0 Å². The first kappa shape index (κ1) is 57.9. The normalized spacial score (nSPS) is 16.6. The van der Waals surface area contributed by atoms with E-state index in [1.165, 1.54) is 77.7 Å². The van der Waals surface area contributed by atoms with Crippen molar-refractivity contribution in [2.45, 2.75) is 23.7 Å². The standard InChI is InChI=1S/C99H62B2N2O/c104-99-102-88-57-82-80(91-68-39-19-23-43-72(68)93(82)73-44-24-20-40-69(73)91)55-86(88)100(95-76(61-31-11-3-12-32-61)51-66(59-27-7-1-8-28-59)52-77(95)62-33-13-4-14-34-62)84-49-47-65-48-50-85-98(90(65)97(84)102)103(99)89-58-83-81(92-70-41-21-25-45-74(70)94(83)75-46-26-22-42-71(75)92)56-87(89)101(85)96-78(63-35-15-5-16-36-63)53-67(60-29-9-2-10-30-60)54-79(96)64-37-17-6-18-38-64/h1-58,91-94H. The molecule has 0 unspecified atom stereocenters. The van der Waals surface area contributed by atoms with E-state index in [0.717, 1.165) is 122 Å². The second-order valence-corrected chi connectivity index (χ2v) is 29.4. The first-order valence-corrected chi connectivity index (χ1v) is 36.7. The first-order chi connectivity index (χ1) is 51.6. The van der Waals surface area contributed by atoms with Crippen LogP contribution in [0.15, 0.2) is 352 Å². The average molecular weight is 1320 g/mol. The molecule has 0 fully saturated rings. The smallest absolute Gasteiger partial charge is 0.263 e. The van der Waals surface area contributed by atoms with E-state index < -0.39 is 0 Å². The highest BCUT2D eigenvalue weighted by Crippen LogP contribution is 2.60. The Labute approximate surface area is 605 Å². The van der Waals surface area contributed by atoms with E-state index >= 15 is 4.79 Å². The van der Waals surface area contributed by atoms with Gasteiger partial charge in [-0.15, -0.1) is 0 Å². The van der Waals surface area contributed by atoms with Gasteiger partial charge in [0.25, 0.3) is 0 Å². The number of carbonyl (C=O) groups excluding carboxylic acids is 1. The third kappa shape index (κ3) is 8.07. The highest BCUT2D eigenvalue weighted by atomic mass is 16.2. The minimum absolute atomic E-state index is 0.00815. The van der Waals surface area contributed by atoms with Crippen molar-refractivity contribution >= 4 is 85.8 Å². The summed E-state index contributed by atoms with van der Waals surface area (Å²) < 4.78 is 0. The summed E-state index contributed by atoms with van der Waals surface area (Å²) in [7, 11) is 0. The molecular formula is C99H62B2N2O. The Hall–Kier alpha value is -12.8. The van der Waals surface area contributed by atoms with E-state index in [1.54, 1.807) is 0 Å². The number of fused-ring (bicyclic) bond motifs is 4. The van der Waals surface area contributed by atoms with Gasteiger partial charge in [0.05, 0.1) is 11.4 Å². The second kappa shape index (κ2) is 22.1. The summed E-state index contributed by atoms with van der Waals surface area (Å²) in [5, 5.41) is 2.17. The van der Waals surface area contributed by atoms with Gasteiger partial charge in [0.1, 0.15) is 0 Å². The van der Waals surface area contributed by atoms with Crippen molar-refractivity contribution in [1.82, 2.24) is 0 Å². The molecule has 16 aromatic rings. The zero-order chi connectivity index (χ0) is 68.0. The molecular weight excluding hydrogens is 1250 g/mol. The Morgan fingerprint density at radius 3 is 0.750 bits per heavy atom. The maximum Gasteiger partial charge on any atom is 0.338 e. The number of carbonyl (C=O) groups is 1. The molecule has 3 aliphatic heterocycles. The molecule has 0 saturated heterocycles. The minimum atomic E-state index is -0.364. The summed E-state index contributed by atoms with van der Waals surface area (Å²) >= 11 is 0. The lowest BCUT2D eigenvalue weighted by molar-refractivity contribution is 0.255. The number of nitrogens with zero attached hydrogens (tertiary/aromatic N) is 2. The van der Waals surface area contributed by atoms with E-state index in [0.29, 0.717) is 0 Å². The van der Waals surface area contributed by atoms with Crippen LogP contribution in [-0.4, -0.2) is 19.5 Å². The lowest BCUT2D eigenvalue weighted by Crippen LogP contribution is -2.65. The maximum absolute atomic E-state index is 18.2. The molecule has 3 heterocycles. The fraction of sp³-hybridized carbons (Fsp3) is 0.0404. The van der Waals surface area contributed by atoms with E-state index in [4.69, 9.17) is 0 Å². The lowest BCUT2D eigenvalue weighted by Gasteiger charge is -2.49. The molecule has 480 valence electrons. The molecule has 25 rings (SSSR count). The Morgan fingerprint density at radius 2 is 0.471 bits per heavy atom. The van der Waals surface area contributed by atoms with Gasteiger partial charge in [0, 0.05) is 40.4 Å². The fourth-order valence-electron chi connectivity index (χ4n) is 20.3. The largest absolute Gasteiger partial charge is 0.338 e. The van der Waals surface area contributed by atoms with Crippen LogP contribution >= 0.6 is 0 Å². The number of amides is 2. The van der Waals surface area contributed by atoms with Crippen LogP contribution in [0.2, 0.25) is 0 Å². The van der Waals surface area contributed by atoms with E-state index in [1.807, 2.05) is 0 Å².